The summed E-state index contributed by atoms with van der Waals surface area (Å²) in [5, 5.41) is 10.7. The molecule has 0 radical (unpaired) electrons. The summed E-state index contributed by atoms with van der Waals surface area (Å²) in [5.41, 5.74) is 5.15. The molecular formula is C22H28ClN3O3S. The fourth-order valence-electron chi connectivity index (χ4n) is 4.80. The SMILES string of the molecule is CC(C)NS(=O)(=O)Nc1ccc2c(c1)CC[C@H]1[C@H]2c2cc(O)c(Cl)cc2CCN1C. The quantitative estimate of drug-likeness (QED) is 0.665. The Morgan fingerprint density at radius 3 is 2.60 bits per heavy atom. The molecule has 0 spiro atoms. The van der Waals surface area contributed by atoms with Crippen LogP contribution in [0.3, 0.4) is 0 Å². The summed E-state index contributed by atoms with van der Waals surface area (Å²) < 4.78 is 29.7. The van der Waals surface area contributed by atoms with E-state index in [0.29, 0.717) is 16.8 Å². The van der Waals surface area contributed by atoms with E-state index >= 15 is 0 Å². The molecule has 2 aromatic carbocycles. The molecule has 0 saturated carbocycles. The summed E-state index contributed by atoms with van der Waals surface area (Å²) in [4.78, 5) is 2.39. The summed E-state index contributed by atoms with van der Waals surface area (Å²) >= 11 is 6.19. The maximum absolute atomic E-state index is 12.3. The molecule has 1 aliphatic carbocycles. The number of nitrogens with zero attached hydrogens (tertiary/aromatic N) is 1. The summed E-state index contributed by atoms with van der Waals surface area (Å²) in [6.07, 6.45) is 2.73. The van der Waals surface area contributed by atoms with Crippen LogP contribution in [-0.2, 0) is 23.1 Å². The number of benzene rings is 2. The highest BCUT2D eigenvalue weighted by molar-refractivity contribution is 7.90. The number of anilines is 1. The Morgan fingerprint density at radius 2 is 1.87 bits per heavy atom. The van der Waals surface area contributed by atoms with E-state index in [0.717, 1.165) is 42.5 Å². The highest BCUT2D eigenvalue weighted by atomic mass is 35.5. The summed E-state index contributed by atoms with van der Waals surface area (Å²) in [6, 6.07) is 9.62. The van der Waals surface area contributed by atoms with Crippen LogP contribution < -0.4 is 9.44 Å². The lowest BCUT2D eigenvalue weighted by Gasteiger charge is -2.38. The Balaban J connectivity index is 1.75. The average Bonchev–Trinajstić information content (AvgIpc) is 2.78. The van der Waals surface area contributed by atoms with Crippen molar-refractivity contribution in [3.05, 3.63) is 57.6 Å². The van der Waals surface area contributed by atoms with Crippen LogP contribution in [0.1, 0.15) is 48.4 Å². The second-order valence-electron chi connectivity index (χ2n) is 8.61. The van der Waals surface area contributed by atoms with Crippen molar-refractivity contribution >= 4 is 27.5 Å². The van der Waals surface area contributed by atoms with Gasteiger partial charge in [-0.1, -0.05) is 17.7 Å². The lowest BCUT2D eigenvalue weighted by molar-refractivity contribution is 0.214. The number of phenols is 1. The van der Waals surface area contributed by atoms with Crippen LogP contribution in [0.5, 0.6) is 5.75 Å². The maximum Gasteiger partial charge on any atom is 0.299 e. The van der Waals surface area contributed by atoms with Gasteiger partial charge in [-0.2, -0.15) is 13.1 Å². The normalized spacial score (nSPS) is 21.5. The highest BCUT2D eigenvalue weighted by Crippen LogP contribution is 2.45. The first-order valence-electron chi connectivity index (χ1n) is 10.3. The van der Waals surface area contributed by atoms with Crippen LogP contribution in [0.2, 0.25) is 5.02 Å². The van der Waals surface area contributed by atoms with Crippen molar-refractivity contribution in [2.45, 2.75) is 51.1 Å². The zero-order valence-electron chi connectivity index (χ0n) is 17.4. The molecule has 0 unspecified atom stereocenters. The Bertz CT molecular complexity index is 1070. The molecular weight excluding hydrogens is 422 g/mol. The van der Waals surface area contributed by atoms with Crippen LogP contribution in [0.15, 0.2) is 30.3 Å². The predicted octanol–water partition coefficient (Wildman–Crippen LogP) is 3.63. The molecule has 0 fully saturated rings. The first-order valence-corrected chi connectivity index (χ1v) is 12.1. The number of likely N-dealkylation sites (N-methyl/N-ethyl adjacent to an activating group) is 1. The van der Waals surface area contributed by atoms with Crippen molar-refractivity contribution < 1.29 is 13.5 Å². The number of phenolic OH excluding ortho intramolecular Hbond substituents is 1. The highest BCUT2D eigenvalue weighted by Gasteiger charge is 2.37. The summed E-state index contributed by atoms with van der Waals surface area (Å²) in [6.45, 7) is 4.51. The average molecular weight is 450 g/mol. The molecule has 2 aromatic rings. The third kappa shape index (κ3) is 4.17. The first-order chi connectivity index (χ1) is 14.1. The second kappa shape index (κ2) is 8.04. The van der Waals surface area contributed by atoms with Gasteiger partial charge in [0.15, 0.2) is 0 Å². The van der Waals surface area contributed by atoms with Crippen molar-refractivity contribution in [2.75, 3.05) is 18.3 Å². The molecule has 1 heterocycles. The van der Waals surface area contributed by atoms with Gasteiger partial charge in [-0.05, 0) is 86.7 Å². The van der Waals surface area contributed by atoms with E-state index in [-0.39, 0.29) is 17.7 Å². The zero-order valence-corrected chi connectivity index (χ0v) is 19.0. The van der Waals surface area contributed by atoms with Crippen molar-refractivity contribution in [1.82, 2.24) is 9.62 Å². The monoisotopic (exact) mass is 449 g/mol. The standard InChI is InChI=1S/C22H28ClN3O3S/c1-13(2)24-30(28,29)25-16-5-6-17-14(10-16)4-7-20-22(17)18-12-21(27)19(23)11-15(18)8-9-26(20)3/h5-6,10-13,20,22,24-25,27H,4,7-9H2,1-3H3/t20-,22+/m0/s1. The lowest BCUT2D eigenvalue weighted by Crippen LogP contribution is -2.39. The third-order valence-electron chi connectivity index (χ3n) is 6.06. The summed E-state index contributed by atoms with van der Waals surface area (Å²) in [7, 11) is -1.46. The Hall–Kier alpha value is -1.80. The van der Waals surface area contributed by atoms with Crippen LogP contribution in [0.25, 0.3) is 0 Å². The van der Waals surface area contributed by atoms with Gasteiger partial charge in [0.1, 0.15) is 5.75 Å². The van der Waals surface area contributed by atoms with E-state index in [1.54, 1.807) is 13.8 Å². The van der Waals surface area contributed by atoms with E-state index in [9.17, 15) is 13.5 Å². The smallest absolute Gasteiger partial charge is 0.299 e. The van der Waals surface area contributed by atoms with Crippen molar-refractivity contribution in [1.29, 1.82) is 0 Å². The number of halogens is 1. The molecule has 1 aliphatic heterocycles. The van der Waals surface area contributed by atoms with E-state index in [1.807, 2.05) is 30.3 Å². The maximum atomic E-state index is 12.3. The van der Waals surface area contributed by atoms with Gasteiger partial charge in [0, 0.05) is 24.5 Å². The topological polar surface area (TPSA) is 81.7 Å². The van der Waals surface area contributed by atoms with Gasteiger partial charge in [-0.3, -0.25) is 4.72 Å². The molecule has 2 aliphatic rings. The molecule has 4 rings (SSSR count). The van der Waals surface area contributed by atoms with Crippen molar-refractivity contribution in [3.63, 3.8) is 0 Å². The van der Waals surface area contributed by atoms with E-state index in [4.69, 9.17) is 11.6 Å². The third-order valence-corrected chi connectivity index (χ3v) is 7.65. The van der Waals surface area contributed by atoms with Gasteiger partial charge in [0.05, 0.1) is 10.7 Å². The fraction of sp³-hybridized carbons (Fsp3) is 0.455. The zero-order chi connectivity index (χ0) is 21.6. The minimum absolute atomic E-state index is 0.106. The molecule has 6 nitrogen and oxygen atoms in total. The number of aromatic hydroxyl groups is 1. The largest absolute Gasteiger partial charge is 0.506 e. The van der Waals surface area contributed by atoms with Crippen LogP contribution >= 0.6 is 11.6 Å². The van der Waals surface area contributed by atoms with E-state index < -0.39 is 10.2 Å². The number of rotatable bonds is 4. The van der Waals surface area contributed by atoms with Gasteiger partial charge >= 0.3 is 0 Å². The Labute approximate surface area is 183 Å². The van der Waals surface area contributed by atoms with Crippen molar-refractivity contribution in [2.24, 2.45) is 0 Å². The minimum atomic E-state index is -3.61. The molecule has 0 saturated heterocycles. The molecule has 2 atom stereocenters. The predicted molar refractivity (Wildman–Crippen MR) is 121 cm³/mol. The number of aryl methyl sites for hydroxylation is 1. The fourth-order valence-corrected chi connectivity index (χ4v) is 6.10. The van der Waals surface area contributed by atoms with Crippen LogP contribution in [0.4, 0.5) is 5.69 Å². The Kier molecular flexibility index (Phi) is 5.74. The van der Waals surface area contributed by atoms with Gasteiger partial charge in [0.25, 0.3) is 10.2 Å². The van der Waals surface area contributed by atoms with E-state index in [1.165, 1.54) is 5.56 Å². The molecule has 0 aromatic heterocycles. The van der Waals surface area contributed by atoms with E-state index in [2.05, 4.69) is 21.4 Å². The molecule has 8 heteroatoms. The first kappa shape index (κ1) is 21.4. The molecule has 3 N–H and O–H groups in total. The van der Waals surface area contributed by atoms with Crippen LogP contribution in [-0.4, -0.2) is 44.1 Å². The number of hydrogen-bond donors (Lipinski definition) is 3. The van der Waals surface area contributed by atoms with Crippen molar-refractivity contribution in [3.8, 4) is 5.75 Å². The van der Waals surface area contributed by atoms with Gasteiger partial charge in [-0.25, -0.2) is 0 Å². The molecule has 162 valence electrons. The van der Waals surface area contributed by atoms with Crippen LogP contribution in [0, 0.1) is 0 Å². The number of hydrogen-bond acceptors (Lipinski definition) is 4. The van der Waals surface area contributed by atoms with Gasteiger partial charge in [-0.15, -0.1) is 0 Å². The molecule has 30 heavy (non-hydrogen) atoms. The summed E-state index contributed by atoms with van der Waals surface area (Å²) in [5.74, 6) is 0.217. The lowest BCUT2D eigenvalue weighted by atomic mass is 9.74. The minimum Gasteiger partial charge on any atom is -0.506 e. The molecule has 0 bridgehead atoms. The Morgan fingerprint density at radius 1 is 1.13 bits per heavy atom. The van der Waals surface area contributed by atoms with Gasteiger partial charge in [0.2, 0.25) is 0 Å². The number of fused-ring (bicyclic) bond motifs is 5. The number of nitrogens with one attached hydrogen (secondary N) is 2. The van der Waals surface area contributed by atoms with Gasteiger partial charge < -0.3 is 10.0 Å². The second-order valence-corrected chi connectivity index (χ2v) is 10.5. The molecule has 0 amide bonds.